The Kier molecular flexibility index (Phi) is 3.88. The molecule has 2 heteroatoms. The molecule has 0 spiro atoms. The lowest BCUT2D eigenvalue weighted by molar-refractivity contribution is 0.354. The molecule has 3 rings (SSSR count). The standard InChI is InChI=1S/C17H23NO/c1-2-18-15(11-13-7-3-4-8-13)17-12-14-9-5-6-10-16(14)19-17/h5-6,9-10,12-13,15,18H,2-4,7-8,11H2,1H3. The number of fused-ring (bicyclic) bond motifs is 1. The summed E-state index contributed by atoms with van der Waals surface area (Å²) in [6, 6.07) is 10.9. The van der Waals surface area contributed by atoms with Gasteiger partial charge in [0.2, 0.25) is 0 Å². The number of rotatable bonds is 5. The van der Waals surface area contributed by atoms with Crippen molar-refractivity contribution in [1.82, 2.24) is 5.32 Å². The summed E-state index contributed by atoms with van der Waals surface area (Å²) in [5.74, 6) is 1.98. The average Bonchev–Trinajstić information content (AvgIpc) is 3.06. The fourth-order valence-electron chi connectivity index (χ4n) is 3.30. The summed E-state index contributed by atoms with van der Waals surface area (Å²) in [5.41, 5.74) is 1.01. The van der Waals surface area contributed by atoms with E-state index in [0.29, 0.717) is 6.04 Å². The molecule has 0 bridgehead atoms. The van der Waals surface area contributed by atoms with E-state index in [1.807, 2.05) is 6.07 Å². The molecule has 2 nitrogen and oxygen atoms in total. The zero-order valence-corrected chi connectivity index (χ0v) is 11.7. The van der Waals surface area contributed by atoms with Gasteiger partial charge in [0.1, 0.15) is 11.3 Å². The first-order chi connectivity index (χ1) is 9.36. The number of hydrogen-bond acceptors (Lipinski definition) is 2. The van der Waals surface area contributed by atoms with E-state index in [0.717, 1.165) is 23.8 Å². The summed E-state index contributed by atoms with van der Waals surface area (Å²) in [6.07, 6.45) is 6.81. The minimum absolute atomic E-state index is 0.375. The second kappa shape index (κ2) is 5.79. The van der Waals surface area contributed by atoms with E-state index >= 15 is 0 Å². The van der Waals surface area contributed by atoms with Gasteiger partial charge >= 0.3 is 0 Å². The highest BCUT2D eigenvalue weighted by atomic mass is 16.3. The molecule has 1 heterocycles. The van der Waals surface area contributed by atoms with Crippen molar-refractivity contribution in [2.75, 3.05) is 6.54 Å². The summed E-state index contributed by atoms with van der Waals surface area (Å²) in [4.78, 5) is 0. The monoisotopic (exact) mass is 257 g/mol. The lowest BCUT2D eigenvalue weighted by Crippen LogP contribution is -2.22. The third kappa shape index (κ3) is 2.84. The molecule has 1 unspecified atom stereocenters. The summed E-state index contributed by atoms with van der Waals surface area (Å²) in [6.45, 7) is 3.17. The van der Waals surface area contributed by atoms with Crippen LogP contribution in [0.1, 0.15) is 50.8 Å². The van der Waals surface area contributed by atoms with Crippen LogP contribution >= 0.6 is 0 Å². The van der Waals surface area contributed by atoms with Crippen molar-refractivity contribution in [3.8, 4) is 0 Å². The van der Waals surface area contributed by atoms with E-state index in [4.69, 9.17) is 4.42 Å². The highest BCUT2D eigenvalue weighted by Crippen LogP contribution is 2.34. The molecule has 19 heavy (non-hydrogen) atoms. The summed E-state index contributed by atoms with van der Waals surface area (Å²) in [5, 5.41) is 4.81. The van der Waals surface area contributed by atoms with Crippen molar-refractivity contribution in [1.29, 1.82) is 0 Å². The Bertz CT molecular complexity index is 492. The molecule has 1 aliphatic carbocycles. The Morgan fingerprint density at radius 1 is 1.26 bits per heavy atom. The van der Waals surface area contributed by atoms with Crippen molar-refractivity contribution in [3.05, 3.63) is 36.1 Å². The van der Waals surface area contributed by atoms with Crippen LogP contribution in [0.15, 0.2) is 34.7 Å². The Hall–Kier alpha value is -1.28. The predicted octanol–water partition coefficient (Wildman–Crippen LogP) is 4.66. The molecule has 0 radical (unpaired) electrons. The molecular formula is C17H23NO. The third-order valence-electron chi connectivity index (χ3n) is 4.28. The quantitative estimate of drug-likeness (QED) is 0.842. The van der Waals surface area contributed by atoms with Crippen molar-refractivity contribution >= 4 is 11.0 Å². The number of hydrogen-bond donors (Lipinski definition) is 1. The zero-order chi connectivity index (χ0) is 13.1. The van der Waals surface area contributed by atoms with Gasteiger partial charge in [-0.15, -0.1) is 0 Å². The number of para-hydroxylation sites is 1. The first-order valence-electron chi connectivity index (χ1n) is 7.58. The van der Waals surface area contributed by atoms with E-state index in [-0.39, 0.29) is 0 Å². The van der Waals surface area contributed by atoms with Crippen LogP contribution in [0.4, 0.5) is 0 Å². The summed E-state index contributed by atoms with van der Waals surface area (Å²) in [7, 11) is 0. The first-order valence-corrected chi connectivity index (χ1v) is 7.58. The van der Waals surface area contributed by atoms with Crippen LogP contribution in [0.25, 0.3) is 11.0 Å². The van der Waals surface area contributed by atoms with Crippen LogP contribution in [0.3, 0.4) is 0 Å². The maximum absolute atomic E-state index is 6.03. The third-order valence-corrected chi connectivity index (χ3v) is 4.28. The van der Waals surface area contributed by atoms with Gasteiger partial charge in [0.05, 0.1) is 6.04 Å². The first kappa shape index (κ1) is 12.7. The molecule has 1 aliphatic rings. The van der Waals surface area contributed by atoms with E-state index in [2.05, 4.69) is 36.5 Å². The molecule has 2 aromatic rings. The smallest absolute Gasteiger partial charge is 0.134 e. The van der Waals surface area contributed by atoms with E-state index in [1.54, 1.807) is 0 Å². The fourth-order valence-corrected chi connectivity index (χ4v) is 3.30. The summed E-state index contributed by atoms with van der Waals surface area (Å²) >= 11 is 0. The van der Waals surface area contributed by atoms with Crippen LogP contribution in [0, 0.1) is 5.92 Å². The Labute approximate surface area is 115 Å². The maximum Gasteiger partial charge on any atom is 0.134 e. The minimum atomic E-state index is 0.375. The Morgan fingerprint density at radius 3 is 2.79 bits per heavy atom. The van der Waals surface area contributed by atoms with E-state index in [9.17, 15) is 0 Å². The van der Waals surface area contributed by atoms with Crippen molar-refractivity contribution in [2.45, 2.75) is 45.1 Å². The molecule has 0 saturated heterocycles. The SMILES string of the molecule is CCNC(CC1CCCC1)c1cc2ccccc2o1. The van der Waals surface area contributed by atoms with Crippen LogP contribution in [0.2, 0.25) is 0 Å². The molecule has 0 aliphatic heterocycles. The molecule has 1 atom stereocenters. The van der Waals surface area contributed by atoms with Gasteiger partial charge in [-0.2, -0.15) is 0 Å². The maximum atomic E-state index is 6.03. The molecule has 1 N–H and O–H groups in total. The molecule has 0 amide bonds. The minimum Gasteiger partial charge on any atom is -0.459 e. The van der Waals surface area contributed by atoms with E-state index < -0.39 is 0 Å². The van der Waals surface area contributed by atoms with Crippen LogP contribution < -0.4 is 5.32 Å². The topological polar surface area (TPSA) is 25.2 Å². The van der Waals surface area contributed by atoms with Gasteiger partial charge in [-0.1, -0.05) is 50.8 Å². The normalized spacial score (nSPS) is 18.2. The number of benzene rings is 1. The van der Waals surface area contributed by atoms with Crippen molar-refractivity contribution < 1.29 is 4.42 Å². The Balaban J connectivity index is 1.81. The molecular weight excluding hydrogens is 234 g/mol. The van der Waals surface area contributed by atoms with Gasteiger partial charge in [0.15, 0.2) is 0 Å². The highest BCUT2D eigenvalue weighted by molar-refractivity contribution is 5.77. The van der Waals surface area contributed by atoms with Crippen molar-refractivity contribution in [3.63, 3.8) is 0 Å². The second-order valence-electron chi connectivity index (χ2n) is 5.68. The lowest BCUT2D eigenvalue weighted by Gasteiger charge is -2.19. The Morgan fingerprint density at radius 2 is 2.05 bits per heavy atom. The largest absolute Gasteiger partial charge is 0.459 e. The molecule has 1 aromatic heterocycles. The number of nitrogens with one attached hydrogen (secondary N) is 1. The van der Waals surface area contributed by atoms with Crippen LogP contribution in [-0.4, -0.2) is 6.54 Å². The predicted molar refractivity (Wildman–Crippen MR) is 79.2 cm³/mol. The van der Waals surface area contributed by atoms with E-state index in [1.165, 1.54) is 37.5 Å². The van der Waals surface area contributed by atoms with Gasteiger partial charge in [-0.25, -0.2) is 0 Å². The van der Waals surface area contributed by atoms with Gasteiger partial charge in [0.25, 0.3) is 0 Å². The lowest BCUT2D eigenvalue weighted by atomic mass is 9.97. The molecule has 1 fully saturated rings. The van der Waals surface area contributed by atoms with Crippen molar-refractivity contribution in [2.24, 2.45) is 5.92 Å². The van der Waals surface area contributed by atoms with Gasteiger partial charge < -0.3 is 9.73 Å². The van der Waals surface area contributed by atoms with Crippen LogP contribution in [0.5, 0.6) is 0 Å². The highest BCUT2D eigenvalue weighted by Gasteiger charge is 2.23. The average molecular weight is 257 g/mol. The second-order valence-corrected chi connectivity index (χ2v) is 5.68. The van der Waals surface area contributed by atoms with Gasteiger partial charge in [0, 0.05) is 5.39 Å². The van der Waals surface area contributed by atoms with Gasteiger partial charge in [-0.05, 0) is 31.0 Å². The van der Waals surface area contributed by atoms with Gasteiger partial charge in [-0.3, -0.25) is 0 Å². The zero-order valence-electron chi connectivity index (χ0n) is 11.7. The summed E-state index contributed by atoms with van der Waals surface area (Å²) < 4.78 is 6.03. The molecule has 1 saturated carbocycles. The fraction of sp³-hybridized carbons (Fsp3) is 0.529. The molecule has 1 aromatic carbocycles. The van der Waals surface area contributed by atoms with Crippen LogP contribution in [-0.2, 0) is 0 Å². The number of furan rings is 1. The molecule has 102 valence electrons.